The van der Waals surface area contributed by atoms with E-state index < -0.39 is 0 Å². The van der Waals surface area contributed by atoms with Gasteiger partial charge in [-0.05, 0) is 38.2 Å². The van der Waals surface area contributed by atoms with Crippen LogP contribution in [0.2, 0.25) is 0 Å². The van der Waals surface area contributed by atoms with Crippen LogP contribution < -0.4 is 10.7 Å². The van der Waals surface area contributed by atoms with Crippen LogP contribution in [-0.2, 0) is 0 Å². The summed E-state index contributed by atoms with van der Waals surface area (Å²) in [6.45, 7) is 8.15. The quantitative estimate of drug-likeness (QED) is 0.768. The predicted molar refractivity (Wildman–Crippen MR) is 70.9 cm³/mol. The van der Waals surface area contributed by atoms with Crippen LogP contribution in [-0.4, -0.2) is 15.7 Å². The van der Waals surface area contributed by atoms with Gasteiger partial charge in [-0.3, -0.25) is 5.43 Å². The third kappa shape index (κ3) is 1.88. The van der Waals surface area contributed by atoms with Crippen LogP contribution in [0.3, 0.4) is 0 Å². The smallest absolute Gasteiger partial charge is 0.193 e. The number of rotatable bonds is 2. The van der Waals surface area contributed by atoms with Gasteiger partial charge in [0.25, 0.3) is 0 Å². The van der Waals surface area contributed by atoms with Crippen molar-refractivity contribution < 1.29 is 0 Å². The van der Waals surface area contributed by atoms with Crippen molar-refractivity contribution in [2.75, 3.05) is 5.43 Å². The second kappa shape index (κ2) is 3.79. The zero-order valence-corrected chi connectivity index (χ0v) is 10.3. The van der Waals surface area contributed by atoms with Crippen LogP contribution in [0.15, 0.2) is 42.6 Å². The Kier molecular flexibility index (Phi) is 2.59. The molecule has 1 aliphatic heterocycles. The number of para-hydroxylation sites is 1. The highest BCUT2D eigenvalue weighted by atomic mass is 32.1. The van der Waals surface area contributed by atoms with Crippen molar-refractivity contribution in [3.8, 4) is 0 Å². The molecule has 16 heavy (non-hydrogen) atoms. The van der Waals surface area contributed by atoms with E-state index in [0.717, 1.165) is 11.4 Å². The molecule has 0 bridgehead atoms. The second-order valence-electron chi connectivity index (χ2n) is 4.32. The molecular formula is C12H15N3S. The van der Waals surface area contributed by atoms with Crippen molar-refractivity contribution in [1.82, 2.24) is 10.3 Å². The summed E-state index contributed by atoms with van der Waals surface area (Å²) in [7, 11) is 0. The third-order valence-corrected chi connectivity index (χ3v) is 2.91. The van der Waals surface area contributed by atoms with Gasteiger partial charge in [0.05, 0.1) is 16.9 Å². The van der Waals surface area contributed by atoms with Gasteiger partial charge in [0.15, 0.2) is 5.11 Å². The Labute approximate surface area is 101 Å². The van der Waals surface area contributed by atoms with Gasteiger partial charge >= 0.3 is 0 Å². The summed E-state index contributed by atoms with van der Waals surface area (Å²) >= 11 is 5.26. The van der Waals surface area contributed by atoms with Crippen LogP contribution in [0, 0.1) is 0 Å². The third-order valence-electron chi connectivity index (χ3n) is 2.63. The van der Waals surface area contributed by atoms with E-state index in [4.69, 9.17) is 12.2 Å². The molecule has 84 valence electrons. The van der Waals surface area contributed by atoms with Gasteiger partial charge < -0.3 is 5.32 Å². The molecule has 4 heteroatoms. The molecule has 0 radical (unpaired) electrons. The van der Waals surface area contributed by atoms with Crippen molar-refractivity contribution >= 4 is 23.0 Å². The van der Waals surface area contributed by atoms with E-state index in [2.05, 4.69) is 17.3 Å². The van der Waals surface area contributed by atoms with Crippen LogP contribution in [0.5, 0.6) is 0 Å². The minimum atomic E-state index is -0.196. The first kappa shape index (κ1) is 11.0. The standard InChI is InChI=1S/C12H15N3S/c1-9-12(2,3)13-11(16)15(9)14-10-7-5-4-6-8-10/h4-8,14H,1H2,2-3H3,(H,13,16). The molecule has 1 aromatic rings. The van der Waals surface area contributed by atoms with Gasteiger partial charge in [-0.25, -0.2) is 5.01 Å². The van der Waals surface area contributed by atoms with Crippen molar-refractivity contribution in [2.24, 2.45) is 0 Å². The van der Waals surface area contributed by atoms with Crippen molar-refractivity contribution in [2.45, 2.75) is 19.4 Å². The Hall–Kier alpha value is -1.55. The molecular weight excluding hydrogens is 218 g/mol. The molecule has 0 amide bonds. The van der Waals surface area contributed by atoms with Gasteiger partial charge in [-0.1, -0.05) is 24.8 Å². The van der Waals surface area contributed by atoms with Crippen LogP contribution in [0.4, 0.5) is 5.69 Å². The molecule has 3 nitrogen and oxygen atoms in total. The zero-order valence-electron chi connectivity index (χ0n) is 9.45. The Bertz CT molecular complexity index is 425. The van der Waals surface area contributed by atoms with Gasteiger partial charge in [0, 0.05) is 0 Å². The van der Waals surface area contributed by atoms with Gasteiger partial charge in [-0.2, -0.15) is 0 Å². The molecule has 0 saturated carbocycles. The number of nitrogens with zero attached hydrogens (tertiary/aromatic N) is 1. The lowest BCUT2D eigenvalue weighted by molar-refractivity contribution is 0.517. The lowest BCUT2D eigenvalue weighted by Gasteiger charge is -2.23. The minimum Gasteiger partial charge on any atom is -0.350 e. The highest BCUT2D eigenvalue weighted by Gasteiger charge is 2.36. The molecule has 0 aromatic heterocycles. The van der Waals surface area contributed by atoms with Crippen LogP contribution in [0.25, 0.3) is 0 Å². The molecule has 1 saturated heterocycles. The Balaban J connectivity index is 2.18. The lowest BCUT2D eigenvalue weighted by Crippen LogP contribution is -2.35. The fourth-order valence-electron chi connectivity index (χ4n) is 1.56. The lowest BCUT2D eigenvalue weighted by atomic mass is 10.0. The van der Waals surface area contributed by atoms with Gasteiger partial charge in [0.2, 0.25) is 0 Å². The fraction of sp³-hybridized carbons (Fsp3) is 0.250. The summed E-state index contributed by atoms with van der Waals surface area (Å²) in [6.07, 6.45) is 0. The largest absolute Gasteiger partial charge is 0.350 e. The molecule has 1 aromatic carbocycles. The van der Waals surface area contributed by atoms with E-state index in [1.165, 1.54) is 0 Å². The number of hydrogen-bond acceptors (Lipinski definition) is 2. The number of hydrogen-bond donors (Lipinski definition) is 2. The van der Waals surface area contributed by atoms with E-state index in [1.807, 2.05) is 49.2 Å². The molecule has 0 unspecified atom stereocenters. The Morgan fingerprint density at radius 2 is 1.94 bits per heavy atom. The number of thiocarbonyl (C=S) groups is 1. The van der Waals surface area contributed by atoms with E-state index in [0.29, 0.717) is 5.11 Å². The summed E-state index contributed by atoms with van der Waals surface area (Å²) in [5, 5.41) is 5.67. The maximum Gasteiger partial charge on any atom is 0.193 e. The van der Waals surface area contributed by atoms with Crippen LogP contribution >= 0.6 is 12.2 Å². The van der Waals surface area contributed by atoms with Crippen molar-refractivity contribution in [1.29, 1.82) is 0 Å². The molecule has 0 atom stereocenters. The summed E-state index contributed by atoms with van der Waals surface area (Å²) in [5.41, 5.74) is 4.94. The maximum absolute atomic E-state index is 5.26. The van der Waals surface area contributed by atoms with Crippen molar-refractivity contribution in [3.05, 3.63) is 42.6 Å². The molecule has 2 rings (SSSR count). The molecule has 1 aliphatic rings. The normalized spacial score (nSPS) is 18.5. The van der Waals surface area contributed by atoms with E-state index in [-0.39, 0.29) is 5.54 Å². The number of nitrogens with one attached hydrogen (secondary N) is 2. The first-order valence-electron chi connectivity index (χ1n) is 5.14. The van der Waals surface area contributed by atoms with E-state index in [1.54, 1.807) is 0 Å². The first-order chi connectivity index (χ1) is 7.50. The predicted octanol–water partition coefficient (Wildman–Crippen LogP) is 2.50. The molecule has 0 aliphatic carbocycles. The highest BCUT2D eigenvalue weighted by molar-refractivity contribution is 7.80. The van der Waals surface area contributed by atoms with Crippen molar-refractivity contribution in [3.63, 3.8) is 0 Å². The topological polar surface area (TPSA) is 27.3 Å². The summed E-state index contributed by atoms with van der Waals surface area (Å²) in [6, 6.07) is 9.90. The molecule has 2 N–H and O–H groups in total. The van der Waals surface area contributed by atoms with E-state index >= 15 is 0 Å². The van der Waals surface area contributed by atoms with Crippen LogP contribution in [0.1, 0.15) is 13.8 Å². The fourth-order valence-corrected chi connectivity index (χ4v) is 1.97. The highest BCUT2D eigenvalue weighted by Crippen LogP contribution is 2.26. The summed E-state index contributed by atoms with van der Waals surface area (Å²) in [4.78, 5) is 0. The number of anilines is 1. The maximum atomic E-state index is 5.26. The number of hydrazine groups is 1. The Morgan fingerprint density at radius 3 is 2.44 bits per heavy atom. The van der Waals surface area contributed by atoms with Gasteiger partial charge in [0.1, 0.15) is 0 Å². The molecule has 1 heterocycles. The summed E-state index contributed by atoms with van der Waals surface area (Å²) in [5.74, 6) is 0. The second-order valence-corrected chi connectivity index (χ2v) is 4.70. The van der Waals surface area contributed by atoms with Gasteiger partial charge in [-0.15, -0.1) is 0 Å². The monoisotopic (exact) mass is 233 g/mol. The average molecular weight is 233 g/mol. The number of benzene rings is 1. The molecule has 1 fully saturated rings. The minimum absolute atomic E-state index is 0.196. The molecule has 0 spiro atoms. The average Bonchev–Trinajstić information content (AvgIpc) is 2.42. The SMILES string of the molecule is C=C1N(Nc2ccccc2)C(=S)NC1(C)C. The zero-order chi connectivity index (χ0) is 11.8. The van der Waals surface area contributed by atoms with E-state index in [9.17, 15) is 0 Å². The Morgan fingerprint density at radius 1 is 1.31 bits per heavy atom. The first-order valence-corrected chi connectivity index (χ1v) is 5.55. The summed E-state index contributed by atoms with van der Waals surface area (Å²) < 4.78 is 0.